The number of rotatable bonds is 4. The summed E-state index contributed by atoms with van der Waals surface area (Å²) in [5.41, 5.74) is 8.76. The zero-order valence-electron chi connectivity index (χ0n) is 27.8. The van der Waals surface area contributed by atoms with E-state index in [4.69, 9.17) is 14.5 Å². The summed E-state index contributed by atoms with van der Waals surface area (Å²) < 4.78 is 13.6. The van der Waals surface area contributed by atoms with E-state index in [1.54, 1.807) is 0 Å². The fourth-order valence-corrected chi connectivity index (χ4v) is 8.64. The van der Waals surface area contributed by atoms with Gasteiger partial charge in [-0.1, -0.05) is 74.5 Å². The molecule has 2 unspecified atom stereocenters. The topological polar surface area (TPSA) is 51.6 Å². The fourth-order valence-electron chi connectivity index (χ4n) is 8.64. The van der Waals surface area contributed by atoms with Gasteiger partial charge in [-0.05, 0) is 42.8 Å². The first-order valence-corrected chi connectivity index (χ1v) is 17.2. The molecule has 0 bridgehead atoms. The Kier molecular flexibility index (Phi) is 5.78. The molecule has 2 atom stereocenters. The number of para-hydroxylation sites is 2. The minimum atomic E-state index is -0.582. The molecule has 0 spiro atoms. The van der Waals surface area contributed by atoms with Gasteiger partial charge in [0.15, 0.2) is 23.1 Å². The second kappa shape index (κ2) is 10.1. The summed E-state index contributed by atoms with van der Waals surface area (Å²) in [5.74, 6) is 1.61. The molecule has 4 aromatic carbocycles. The number of allylic oxidation sites excluding steroid dienone is 1. The lowest BCUT2D eigenvalue weighted by atomic mass is 9.71. The number of fused-ring (bicyclic) bond motifs is 11. The second-order valence-electron chi connectivity index (χ2n) is 13.5. The average Bonchev–Trinajstić information content (AvgIpc) is 3.85. The number of hydrogen-bond acceptors (Lipinski definition) is 3. The van der Waals surface area contributed by atoms with Gasteiger partial charge < -0.3 is 4.42 Å². The summed E-state index contributed by atoms with van der Waals surface area (Å²) in [6, 6.07) is 42.8. The van der Waals surface area contributed by atoms with E-state index in [0.717, 1.165) is 69.1 Å². The van der Waals surface area contributed by atoms with Gasteiger partial charge in [-0.25, -0.2) is 9.67 Å². The fraction of sp³-hybridized carbons (Fsp3) is 0.163. The maximum Gasteiger partial charge on any atom is 0.250 e. The van der Waals surface area contributed by atoms with Crippen molar-refractivity contribution in [2.75, 3.05) is 0 Å². The molecule has 49 heavy (non-hydrogen) atoms. The average molecular weight is 638 g/mol. The van der Waals surface area contributed by atoms with Crippen LogP contribution in [0.3, 0.4) is 0 Å². The van der Waals surface area contributed by atoms with Gasteiger partial charge in [0.1, 0.15) is 11.2 Å². The van der Waals surface area contributed by atoms with E-state index in [-0.39, 0.29) is 5.54 Å². The Balaban J connectivity index is 1.34. The molecule has 6 nitrogen and oxygen atoms in total. The first-order valence-electron chi connectivity index (χ1n) is 17.2. The normalized spacial score (nSPS) is 20.1. The molecule has 236 valence electrons. The van der Waals surface area contributed by atoms with E-state index in [2.05, 4.69) is 156 Å². The smallest absolute Gasteiger partial charge is 0.250 e. The summed E-state index contributed by atoms with van der Waals surface area (Å²) in [6.45, 7) is 6.98. The molecule has 2 aliphatic rings. The Morgan fingerprint density at radius 2 is 1.53 bits per heavy atom. The number of hydrogen-bond donors (Lipinski definition) is 0. The van der Waals surface area contributed by atoms with E-state index in [1.165, 1.54) is 22.0 Å². The lowest BCUT2D eigenvalue weighted by Crippen LogP contribution is -2.70. The lowest BCUT2D eigenvalue weighted by molar-refractivity contribution is -0.768. The van der Waals surface area contributed by atoms with Gasteiger partial charge in [0.05, 0.1) is 11.1 Å². The van der Waals surface area contributed by atoms with Gasteiger partial charge >= 0.3 is 0 Å². The Morgan fingerprint density at radius 3 is 2.39 bits per heavy atom. The van der Waals surface area contributed by atoms with Crippen LogP contribution in [0.4, 0.5) is 0 Å². The van der Waals surface area contributed by atoms with E-state index in [1.807, 2.05) is 12.1 Å². The molecule has 0 aliphatic carbocycles. The highest BCUT2D eigenvalue weighted by atomic mass is 16.3. The van der Waals surface area contributed by atoms with Crippen LogP contribution in [0.5, 0.6) is 0 Å². The Labute approximate surface area is 284 Å². The van der Waals surface area contributed by atoms with Crippen LogP contribution < -0.4 is 9.13 Å². The molecule has 0 amide bonds. The minimum absolute atomic E-state index is 0.375. The van der Waals surface area contributed by atoms with E-state index in [0.29, 0.717) is 0 Å². The van der Waals surface area contributed by atoms with Crippen LogP contribution in [0.25, 0.3) is 72.7 Å². The second-order valence-corrected chi connectivity index (χ2v) is 13.5. The van der Waals surface area contributed by atoms with Crippen molar-refractivity contribution in [2.24, 2.45) is 0 Å². The number of benzene rings is 4. The predicted molar refractivity (Wildman–Crippen MR) is 194 cm³/mol. The monoisotopic (exact) mass is 637 g/mol. The van der Waals surface area contributed by atoms with Crippen molar-refractivity contribution in [1.29, 1.82) is 0 Å². The van der Waals surface area contributed by atoms with Crippen LogP contribution in [-0.4, -0.2) is 14.8 Å². The zero-order chi connectivity index (χ0) is 32.9. The molecular formula is C43H35N5O+2. The summed E-state index contributed by atoms with van der Waals surface area (Å²) in [5, 5.41) is 8.85. The number of aromatic nitrogens is 5. The van der Waals surface area contributed by atoms with Crippen LogP contribution >= 0.6 is 0 Å². The highest BCUT2D eigenvalue weighted by Crippen LogP contribution is 2.49. The molecule has 8 aromatic rings. The van der Waals surface area contributed by atoms with Crippen molar-refractivity contribution in [3.8, 4) is 34.2 Å². The van der Waals surface area contributed by atoms with Crippen molar-refractivity contribution in [1.82, 2.24) is 14.8 Å². The molecule has 0 fully saturated rings. The van der Waals surface area contributed by atoms with Gasteiger partial charge in [0.25, 0.3) is 5.69 Å². The zero-order valence-corrected chi connectivity index (χ0v) is 27.8. The van der Waals surface area contributed by atoms with Crippen molar-refractivity contribution >= 4 is 38.5 Å². The van der Waals surface area contributed by atoms with Gasteiger partial charge in [-0.3, -0.25) is 0 Å². The van der Waals surface area contributed by atoms with Crippen LogP contribution in [0, 0.1) is 0 Å². The SMILES string of the molecule is CCC1(C=C2c3cc4c(cc3-c3ccc5ccccc5[n+]32)oc2ccccc24)n2nc(-c3ccccc3)nc2-c2cccc[n+]2C1(C)CC. The van der Waals surface area contributed by atoms with Crippen LogP contribution in [0.1, 0.15) is 39.2 Å². The highest BCUT2D eigenvalue weighted by molar-refractivity contribution is 6.08. The van der Waals surface area contributed by atoms with Crippen molar-refractivity contribution in [3.63, 3.8) is 0 Å². The number of pyridine rings is 2. The largest absolute Gasteiger partial charge is 0.456 e. The van der Waals surface area contributed by atoms with Gasteiger partial charge in [0, 0.05) is 65.4 Å². The molecule has 6 heteroatoms. The standard InChI is InChI=1S/C43H35N5O/c1-4-42(3)43(5-2,48-41(36-20-13-14-24-46(36)42)44-40(45-48)29-16-7-6-8-17-29)27-37-31-25-33-30-18-10-12-21-38(30)49-39(33)26-32(31)35-23-22-28-15-9-11-19-34(28)47(35)37/h6-27H,4-5H2,1-3H3/q+2. The lowest BCUT2D eigenvalue weighted by Gasteiger charge is -2.44. The molecule has 6 heterocycles. The van der Waals surface area contributed by atoms with Crippen molar-refractivity contribution in [3.05, 3.63) is 139 Å². The summed E-state index contributed by atoms with van der Waals surface area (Å²) in [7, 11) is 0. The molecule has 2 aliphatic heterocycles. The third-order valence-electron chi connectivity index (χ3n) is 11.3. The Morgan fingerprint density at radius 1 is 0.735 bits per heavy atom. The van der Waals surface area contributed by atoms with E-state index in [9.17, 15) is 0 Å². The number of nitrogens with zero attached hydrogens (tertiary/aromatic N) is 5. The van der Waals surface area contributed by atoms with Gasteiger partial charge in [0.2, 0.25) is 22.7 Å². The third-order valence-corrected chi connectivity index (χ3v) is 11.3. The third kappa shape index (κ3) is 3.66. The van der Waals surface area contributed by atoms with E-state index < -0.39 is 5.54 Å². The molecular weight excluding hydrogens is 603 g/mol. The van der Waals surface area contributed by atoms with Gasteiger partial charge in [-0.15, -0.1) is 5.10 Å². The van der Waals surface area contributed by atoms with Crippen LogP contribution in [0.2, 0.25) is 0 Å². The summed E-state index contributed by atoms with van der Waals surface area (Å²) in [4.78, 5) is 5.27. The predicted octanol–water partition coefficient (Wildman–Crippen LogP) is 9.05. The summed E-state index contributed by atoms with van der Waals surface area (Å²) >= 11 is 0. The molecule has 10 rings (SSSR count). The number of furan rings is 1. The maximum atomic E-state index is 6.43. The Hall–Kier alpha value is -5.88. The molecule has 0 radical (unpaired) electrons. The highest BCUT2D eigenvalue weighted by Gasteiger charge is 2.61. The summed E-state index contributed by atoms with van der Waals surface area (Å²) in [6.07, 6.45) is 6.43. The first kappa shape index (κ1) is 28.2. The van der Waals surface area contributed by atoms with Crippen molar-refractivity contribution in [2.45, 2.75) is 44.7 Å². The first-order chi connectivity index (χ1) is 24.0. The minimum Gasteiger partial charge on any atom is -0.456 e. The van der Waals surface area contributed by atoms with Gasteiger partial charge in [-0.2, -0.15) is 9.13 Å². The Bertz CT molecular complexity index is 2670. The quantitative estimate of drug-likeness (QED) is 0.181. The molecule has 0 saturated carbocycles. The molecule has 0 saturated heterocycles. The maximum absolute atomic E-state index is 6.43. The van der Waals surface area contributed by atoms with Crippen LogP contribution in [0.15, 0.2) is 138 Å². The molecule has 0 N–H and O–H groups in total. The van der Waals surface area contributed by atoms with Crippen LogP contribution in [-0.2, 0) is 11.1 Å². The van der Waals surface area contributed by atoms with Crippen molar-refractivity contribution < 1.29 is 13.6 Å². The van der Waals surface area contributed by atoms with E-state index >= 15 is 0 Å². The molecule has 4 aromatic heterocycles.